The van der Waals surface area contributed by atoms with E-state index in [1.165, 1.54) is 12.8 Å². The Kier molecular flexibility index (Phi) is 9.07. The summed E-state index contributed by atoms with van der Waals surface area (Å²) < 4.78 is 17.7. The summed E-state index contributed by atoms with van der Waals surface area (Å²) in [5.74, 6) is -0.719. The highest BCUT2D eigenvalue weighted by molar-refractivity contribution is 6.15. The molecule has 0 aliphatic heterocycles. The first-order valence-electron chi connectivity index (χ1n) is 7.10. The van der Waals surface area contributed by atoms with E-state index in [1.54, 1.807) is 0 Å². The fourth-order valence-electron chi connectivity index (χ4n) is 1.93. The smallest absolute Gasteiger partial charge is 0.203 e. The molecule has 4 nitrogen and oxygen atoms in total. The van der Waals surface area contributed by atoms with Crippen LogP contribution in [0.4, 0.5) is 0 Å². The SMILES string of the molecule is CCCCCOC([SiH3])(NC)C(C)(OCC)OCC. The van der Waals surface area contributed by atoms with Crippen LogP contribution >= 0.6 is 0 Å². The third-order valence-electron chi connectivity index (χ3n) is 3.32. The maximum absolute atomic E-state index is 6.05. The van der Waals surface area contributed by atoms with Crippen LogP contribution in [0.1, 0.15) is 47.0 Å². The standard InChI is InChI=1S/C13H31NO3Si/c1-6-9-10-11-17-13(18,14-5)12(4,15-7-2)16-8-3/h14H,6-11H2,1-5,18H3. The monoisotopic (exact) mass is 277 g/mol. The van der Waals surface area contributed by atoms with Gasteiger partial charge < -0.3 is 14.2 Å². The Morgan fingerprint density at radius 3 is 1.94 bits per heavy atom. The van der Waals surface area contributed by atoms with Gasteiger partial charge in [-0.2, -0.15) is 0 Å². The van der Waals surface area contributed by atoms with Crippen LogP contribution < -0.4 is 5.32 Å². The third-order valence-corrected chi connectivity index (χ3v) is 5.02. The Labute approximate surface area is 115 Å². The quantitative estimate of drug-likeness (QED) is 0.350. The highest BCUT2D eigenvalue weighted by Gasteiger charge is 2.46. The van der Waals surface area contributed by atoms with Crippen molar-refractivity contribution in [2.75, 3.05) is 26.9 Å². The Bertz CT molecular complexity index is 210. The second kappa shape index (κ2) is 9.04. The van der Waals surface area contributed by atoms with Gasteiger partial charge in [0, 0.05) is 19.8 Å². The minimum Gasteiger partial charge on any atom is -0.359 e. The lowest BCUT2D eigenvalue weighted by molar-refractivity contribution is -0.301. The molecule has 0 aromatic carbocycles. The van der Waals surface area contributed by atoms with Crippen molar-refractivity contribution in [1.82, 2.24) is 5.32 Å². The van der Waals surface area contributed by atoms with Gasteiger partial charge in [0.05, 0.1) is 10.2 Å². The highest BCUT2D eigenvalue weighted by atomic mass is 28.1. The van der Waals surface area contributed by atoms with Crippen molar-refractivity contribution >= 4 is 10.2 Å². The first-order valence-corrected chi connectivity index (χ1v) is 8.10. The maximum atomic E-state index is 6.05. The molecule has 0 spiro atoms. The molecular formula is C13H31NO3Si. The van der Waals surface area contributed by atoms with E-state index < -0.39 is 11.1 Å². The largest absolute Gasteiger partial charge is 0.359 e. The van der Waals surface area contributed by atoms with Crippen molar-refractivity contribution < 1.29 is 14.2 Å². The predicted octanol–water partition coefficient (Wildman–Crippen LogP) is 1.22. The molecule has 0 rings (SSSR count). The molecule has 0 aliphatic carbocycles. The van der Waals surface area contributed by atoms with Crippen molar-refractivity contribution in [3.05, 3.63) is 0 Å². The van der Waals surface area contributed by atoms with Gasteiger partial charge in [0.25, 0.3) is 0 Å². The summed E-state index contributed by atoms with van der Waals surface area (Å²) in [6.45, 7) is 10.1. The van der Waals surface area contributed by atoms with Gasteiger partial charge in [-0.3, -0.25) is 5.32 Å². The normalized spacial score (nSPS) is 15.8. The summed E-state index contributed by atoms with van der Waals surface area (Å²) in [5.41, 5.74) is 0. The molecule has 0 saturated heterocycles. The number of rotatable bonds is 11. The van der Waals surface area contributed by atoms with Gasteiger partial charge in [-0.05, 0) is 34.2 Å². The van der Waals surface area contributed by atoms with Gasteiger partial charge in [0.2, 0.25) is 5.79 Å². The summed E-state index contributed by atoms with van der Waals surface area (Å²) in [4.78, 5) is 0. The third kappa shape index (κ3) is 4.97. The van der Waals surface area contributed by atoms with Crippen LogP contribution in [-0.2, 0) is 14.2 Å². The average Bonchev–Trinajstić information content (AvgIpc) is 2.35. The summed E-state index contributed by atoms with van der Waals surface area (Å²) >= 11 is 0. The minimum absolute atomic E-state index is 0.507. The molecule has 0 amide bonds. The first-order chi connectivity index (χ1) is 8.49. The molecule has 0 heterocycles. The fraction of sp³-hybridized carbons (Fsp3) is 1.00. The van der Waals surface area contributed by atoms with Gasteiger partial charge >= 0.3 is 0 Å². The topological polar surface area (TPSA) is 39.7 Å². The molecular weight excluding hydrogens is 246 g/mol. The molecule has 1 unspecified atom stereocenters. The Hall–Kier alpha value is 0.0569. The molecule has 0 aromatic rings. The lowest BCUT2D eigenvalue weighted by atomic mass is 10.2. The summed E-state index contributed by atoms with van der Waals surface area (Å²) in [6, 6.07) is 0. The summed E-state index contributed by atoms with van der Waals surface area (Å²) in [6.07, 6.45) is 3.48. The number of nitrogens with one attached hydrogen (secondary N) is 1. The number of unbranched alkanes of at least 4 members (excludes halogenated alkanes) is 2. The molecule has 5 heteroatoms. The zero-order valence-electron chi connectivity index (χ0n) is 13.0. The molecule has 110 valence electrons. The fourth-order valence-corrected chi connectivity index (χ4v) is 2.42. The van der Waals surface area contributed by atoms with E-state index in [4.69, 9.17) is 14.2 Å². The number of likely N-dealkylation sites (N-methyl/N-ethyl adjacent to an activating group) is 1. The van der Waals surface area contributed by atoms with Crippen molar-refractivity contribution in [2.45, 2.75) is 58.1 Å². The molecule has 0 bridgehead atoms. The van der Waals surface area contributed by atoms with E-state index in [9.17, 15) is 0 Å². The van der Waals surface area contributed by atoms with Crippen LogP contribution in [-0.4, -0.2) is 48.2 Å². The van der Waals surface area contributed by atoms with Gasteiger partial charge in [-0.1, -0.05) is 19.8 Å². The summed E-state index contributed by atoms with van der Waals surface area (Å²) in [5, 5.41) is 2.75. The average molecular weight is 277 g/mol. The van der Waals surface area contributed by atoms with E-state index >= 15 is 0 Å². The molecule has 0 fully saturated rings. The second-order valence-corrected chi connectivity index (χ2v) is 6.06. The molecule has 1 atom stereocenters. The van der Waals surface area contributed by atoms with Crippen LogP contribution in [0.3, 0.4) is 0 Å². The molecule has 0 saturated carbocycles. The minimum atomic E-state index is -0.719. The molecule has 18 heavy (non-hydrogen) atoms. The van der Waals surface area contributed by atoms with E-state index in [1.807, 2.05) is 27.8 Å². The zero-order chi connectivity index (χ0) is 14.1. The Morgan fingerprint density at radius 1 is 1.00 bits per heavy atom. The van der Waals surface area contributed by atoms with Crippen LogP contribution in [0, 0.1) is 0 Å². The van der Waals surface area contributed by atoms with Crippen LogP contribution in [0.2, 0.25) is 0 Å². The van der Waals surface area contributed by atoms with Crippen molar-refractivity contribution in [2.24, 2.45) is 0 Å². The Balaban J connectivity index is 4.62. The van der Waals surface area contributed by atoms with E-state index in [2.05, 4.69) is 12.2 Å². The van der Waals surface area contributed by atoms with Gasteiger partial charge in [0.1, 0.15) is 5.35 Å². The molecule has 0 aliphatic rings. The van der Waals surface area contributed by atoms with Gasteiger partial charge in [-0.25, -0.2) is 0 Å². The lowest BCUT2D eigenvalue weighted by Crippen LogP contribution is -2.65. The number of hydrogen-bond donors (Lipinski definition) is 1. The summed E-state index contributed by atoms with van der Waals surface area (Å²) in [7, 11) is 2.70. The second-order valence-electron chi connectivity index (χ2n) is 4.65. The van der Waals surface area contributed by atoms with Crippen LogP contribution in [0.15, 0.2) is 0 Å². The van der Waals surface area contributed by atoms with Gasteiger partial charge in [0.15, 0.2) is 0 Å². The maximum Gasteiger partial charge on any atom is 0.203 e. The molecule has 0 radical (unpaired) electrons. The Morgan fingerprint density at radius 2 is 1.56 bits per heavy atom. The lowest BCUT2D eigenvalue weighted by Gasteiger charge is -2.45. The van der Waals surface area contributed by atoms with Crippen LogP contribution in [0.5, 0.6) is 0 Å². The number of hydrogen-bond acceptors (Lipinski definition) is 4. The zero-order valence-corrected chi connectivity index (χ0v) is 15.0. The van der Waals surface area contributed by atoms with E-state index in [0.29, 0.717) is 13.2 Å². The molecule has 1 N–H and O–H groups in total. The van der Waals surface area contributed by atoms with Crippen molar-refractivity contribution in [1.29, 1.82) is 0 Å². The van der Waals surface area contributed by atoms with Crippen LogP contribution in [0.25, 0.3) is 0 Å². The highest BCUT2D eigenvalue weighted by Crippen LogP contribution is 2.26. The predicted molar refractivity (Wildman–Crippen MR) is 78.9 cm³/mol. The van der Waals surface area contributed by atoms with Crippen molar-refractivity contribution in [3.63, 3.8) is 0 Å². The van der Waals surface area contributed by atoms with Crippen molar-refractivity contribution in [3.8, 4) is 0 Å². The molecule has 0 aromatic heterocycles. The van der Waals surface area contributed by atoms with E-state index in [0.717, 1.165) is 23.3 Å². The number of ether oxygens (including phenoxy) is 3. The van der Waals surface area contributed by atoms with Gasteiger partial charge in [-0.15, -0.1) is 0 Å². The first kappa shape index (κ1) is 18.1. The van der Waals surface area contributed by atoms with E-state index in [-0.39, 0.29) is 0 Å².